The molecule has 1 aromatic carbocycles. The fourth-order valence-corrected chi connectivity index (χ4v) is 0.610. The molecular formula is C7H7BrClZn-. The molecule has 0 spiro atoms. The van der Waals surface area contributed by atoms with Gasteiger partial charge in [-0.15, -0.1) is 17.0 Å². The Morgan fingerprint density at radius 3 is 1.80 bits per heavy atom. The van der Waals surface area contributed by atoms with Gasteiger partial charge in [0.15, 0.2) is 0 Å². The van der Waals surface area contributed by atoms with Gasteiger partial charge < -0.3 is 0 Å². The van der Waals surface area contributed by atoms with Crippen molar-refractivity contribution >= 4 is 28.6 Å². The van der Waals surface area contributed by atoms with Gasteiger partial charge in [-0.25, -0.2) is 0 Å². The maximum absolute atomic E-state index is 5.58. The molecular weight excluding hydrogens is 265 g/mol. The zero-order valence-corrected chi connectivity index (χ0v) is 10.9. The molecule has 0 heterocycles. The fourth-order valence-electron chi connectivity index (χ4n) is 0.484. The van der Waals surface area contributed by atoms with Crippen LogP contribution in [0.4, 0.5) is 0 Å². The summed E-state index contributed by atoms with van der Waals surface area (Å²) in [4.78, 5) is 0. The summed E-state index contributed by atoms with van der Waals surface area (Å²) in [5.41, 5.74) is 0.995. The first-order valence-corrected chi connectivity index (χ1v) is 2.74. The summed E-state index contributed by atoms with van der Waals surface area (Å²) in [5, 5.41) is 0.761. The van der Waals surface area contributed by atoms with Crippen LogP contribution in [0.5, 0.6) is 0 Å². The molecule has 0 aliphatic heterocycles. The van der Waals surface area contributed by atoms with Crippen LogP contribution in [0.2, 0.25) is 5.02 Å². The molecule has 0 saturated carbocycles. The van der Waals surface area contributed by atoms with Crippen LogP contribution in [-0.4, -0.2) is 0 Å². The molecule has 0 aromatic heterocycles. The Morgan fingerprint density at radius 1 is 1.10 bits per heavy atom. The standard InChI is InChI=1S/C7H6Cl.BrH.Zn/c1-6-2-4-7(8)5-3-6;;/h2-5H,1H2;1H;/q-1;;. The van der Waals surface area contributed by atoms with E-state index in [-0.39, 0.29) is 36.5 Å². The largest absolute Gasteiger partial charge is 0.199 e. The van der Waals surface area contributed by atoms with Crippen LogP contribution >= 0.6 is 28.6 Å². The van der Waals surface area contributed by atoms with Gasteiger partial charge in [0.25, 0.3) is 0 Å². The zero-order chi connectivity index (χ0) is 5.98. The van der Waals surface area contributed by atoms with Crippen LogP contribution in [0.25, 0.3) is 0 Å². The number of benzene rings is 1. The number of halogens is 2. The van der Waals surface area contributed by atoms with Crippen LogP contribution < -0.4 is 0 Å². The number of hydrogen-bond donors (Lipinski definition) is 0. The number of hydrogen-bond acceptors (Lipinski definition) is 0. The molecule has 0 radical (unpaired) electrons. The Hall–Kier alpha value is 0.483. The first-order chi connectivity index (χ1) is 3.79. The summed E-state index contributed by atoms with van der Waals surface area (Å²) in [6.07, 6.45) is 0. The maximum atomic E-state index is 5.58. The summed E-state index contributed by atoms with van der Waals surface area (Å²) in [6, 6.07) is 7.40. The molecule has 3 heteroatoms. The van der Waals surface area contributed by atoms with E-state index in [0.29, 0.717) is 0 Å². The summed E-state index contributed by atoms with van der Waals surface area (Å²) >= 11 is 5.58. The molecule has 10 heavy (non-hydrogen) atoms. The molecule has 1 aromatic rings. The predicted molar refractivity (Wildman–Crippen MR) is 46.2 cm³/mol. The molecule has 0 unspecified atom stereocenters. The molecule has 0 bridgehead atoms. The Bertz CT molecular complexity index is 152. The van der Waals surface area contributed by atoms with E-state index in [1.807, 2.05) is 24.3 Å². The first kappa shape index (κ1) is 13.1. The summed E-state index contributed by atoms with van der Waals surface area (Å²) < 4.78 is 0. The molecule has 1 rings (SSSR count). The molecule has 0 saturated heterocycles. The van der Waals surface area contributed by atoms with Crippen LogP contribution in [-0.2, 0) is 19.5 Å². The topological polar surface area (TPSA) is 0 Å². The summed E-state index contributed by atoms with van der Waals surface area (Å²) in [7, 11) is 0. The molecule has 0 aliphatic rings. The van der Waals surface area contributed by atoms with Crippen molar-refractivity contribution in [3.63, 3.8) is 0 Å². The van der Waals surface area contributed by atoms with Gasteiger partial charge >= 0.3 is 0 Å². The van der Waals surface area contributed by atoms with Gasteiger partial charge in [-0.2, -0.15) is 24.6 Å². The minimum Gasteiger partial charge on any atom is -0.199 e. The predicted octanol–water partition coefficient (Wildman–Crippen LogP) is 3.10. The Kier molecular flexibility index (Phi) is 8.14. The molecule has 0 fully saturated rings. The SMILES string of the molecule is Br.[CH2-]c1ccc(Cl)cc1.[Zn]. The second-order valence-corrected chi connectivity index (χ2v) is 2.06. The van der Waals surface area contributed by atoms with Gasteiger partial charge in [0.1, 0.15) is 0 Å². The molecule has 0 amide bonds. The van der Waals surface area contributed by atoms with E-state index in [1.54, 1.807) is 0 Å². The van der Waals surface area contributed by atoms with Crippen molar-refractivity contribution in [2.45, 2.75) is 0 Å². The van der Waals surface area contributed by atoms with Crippen molar-refractivity contribution in [3.8, 4) is 0 Å². The van der Waals surface area contributed by atoms with Crippen LogP contribution in [0.3, 0.4) is 0 Å². The average molecular weight is 272 g/mol. The third-order valence-corrected chi connectivity index (χ3v) is 1.17. The van der Waals surface area contributed by atoms with Crippen LogP contribution in [0.15, 0.2) is 24.3 Å². The quantitative estimate of drug-likeness (QED) is 0.503. The van der Waals surface area contributed by atoms with E-state index in [0.717, 1.165) is 10.6 Å². The van der Waals surface area contributed by atoms with Crippen molar-refractivity contribution in [1.29, 1.82) is 0 Å². The molecule has 0 N–H and O–H groups in total. The minimum absolute atomic E-state index is 0. The first-order valence-electron chi connectivity index (χ1n) is 2.36. The maximum Gasteiger partial charge on any atom is 0.0164 e. The minimum atomic E-state index is 0. The molecule has 0 aliphatic carbocycles. The summed E-state index contributed by atoms with van der Waals surface area (Å²) in [6.45, 7) is 3.70. The summed E-state index contributed by atoms with van der Waals surface area (Å²) in [5.74, 6) is 0. The fraction of sp³-hybridized carbons (Fsp3) is 0. The van der Waals surface area contributed by atoms with Crippen molar-refractivity contribution < 1.29 is 19.5 Å². The van der Waals surface area contributed by atoms with Gasteiger partial charge in [0, 0.05) is 24.5 Å². The van der Waals surface area contributed by atoms with E-state index in [9.17, 15) is 0 Å². The molecule has 0 nitrogen and oxygen atoms in total. The Morgan fingerprint density at radius 2 is 1.50 bits per heavy atom. The Balaban J connectivity index is 0. The van der Waals surface area contributed by atoms with Gasteiger partial charge in [-0.1, -0.05) is 23.7 Å². The van der Waals surface area contributed by atoms with E-state index in [4.69, 9.17) is 11.6 Å². The molecule has 0 atom stereocenters. The Labute approximate surface area is 89.5 Å². The van der Waals surface area contributed by atoms with Crippen molar-refractivity contribution in [2.75, 3.05) is 0 Å². The third-order valence-electron chi connectivity index (χ3n) is 0.913. The third kappa shape index (κ3) is 4.32. The van der Waals surface area contributed by atoms with Gasteiger partial charge in [-0.3, -0.25) is 0 Å². The van der Waals surface area contributed by atoms with E-state index in [2.05, 4.69) is 6.92 Å². The average Bonchev–Trinajstić information content (AvgIpc) is 1.77. The van der Waals surface area contributed by atoms with Crippen molar-refractivity contribution in [2.24, 2.45) is 0 Å². The monoisotopic (exact) mass is 269 g/mol. The van der Waals surface area contributed by atoms with E-state index < -0.39 is 0 Å². The smallest absolute Gasteiger partial charge is 0.0164 e. The van der Waals surface area contributed by atoms with Gasteiger partial charge in [0.05, 0.1) is 0 Å². The normalized spacial score (nSPS) is 7.30. The second kappa shape index (κ2) is 6.21. The molecule has 52 valence electrons. The van der Waals surface area contributed by atoms with Crippen LogP contribution in [0.1, 0.15) is 5.56 Å². The van der Waals surface area contributed by atoms with Crippen molar-refractivity contribution in [1.82, 2.24) is 0 Å². The zero-order valence-electron chi connectivity index (χ0n) is 5.51. The van der Waals surface area contributed by atoms with E-state index in [1.165, 1.54) is 0 Å². The van der Waals surface area contributed by atoms with Gasteiger partial charge in [-0.05, 0) is 0 Å². The van der Waals surface area contributed by atoms with Crippen LogP contribution in [0, 0.1) is 6.92 Å². The number of rotatable bonds is 0. The van der Waals surface area contributed by atoms with Gasteiger partial charge in [0.2, 0.25) is 0 Å². The van der Waals surface area contributed by atoms with Crippen molar-refractivity contribution in [3.05, 3.63) is 41.8 Å². The van der Waals surface area contributed by atoms with E-state index >= 15 is 0 Å². The second-order valence-electron chi connectivity index (χ2n) is 1.63.